The van der Waals surface area contributed by atoms with Gasteiger partial charge in [-0.1, -0.05) is 36.8 Å². The maximum absolute atomic E-state index is 13.5. The van der Waals surface area contributed by atoms with E-state index < -0.39 is 0 Å². The van der Waals surface area contributed by atoms with Gasteiger partial charge < -0.3 is 19.9 Å². The lowest BCUT2D eigenvalue weighted by atomic mass is 9.68. The van der Waals surface area contributed by atoms with Crippen LogP contribution in [-0.2, 0) is 15.1 Å². The quantitative estimate of drug-likeness (QED) is 0.580. The van der Waals surface area contributed by atoms with Crippen molar-refractivity contribution in [3.63, 3.8) is 0 Å². The molecular formula is C26H40N4O3. The van der Waals surface area contributed by atoms with Crippen molar-refractivity contribution in [3.05, 3.63) is 35.9 Å². The van der Waals surface area contributed by atoms with Crippen molar-refractivity contribution in [2.24, 2.45) is 5.92 Å². The van der Waals surface area contributed by atoms with Gasteiger partial charge in [-0.05, 0) is 64.1 Å². The fourth-order valence-corrected chi connectivity index (χ4v) is 6.03. The van der Waals surface area contributed by atoms with Crippen molar-refractivity contribution >= 4 is 11.9 Å². The molecule has 4 rings (SSSR count). The zero-order chi connectivity index (χ0) is 23.5. The maximum Gasteiger partial charge on any atom is 0.321 e. The van der Waals surface area contributed by atoms with E-state index >= 15 is 0 Å². The molecule has 0 radical (unpaired) electrons. The van der Waals surface area contributed by atoms with E-state index in [0.717, 1.165) is 32.2 Å². The van der Waals surface area contributed by atoms with Gasteiger partial charge in [-0.3, -0.25) is 9.69 Å². The van der Waals surface area contributed by atoms with Crippen LogP contribution in [0.1, 0.15) is 50.5 Å². The molecule has 2 aliphatic carbocycles. The Morgan fingerprint density at radius 1 is 1.15 bits per heavy atom. The van der Waals surface area contributed by atoms with Crippen LogP contribution >= 0.6 is 0 Å². The molecule has 1 aromatic carbocycles. The Morgan fingerprint density at radius 3 is 2.42 bits per heavy atom. The predicted molar refractivity (Wildman–Crippen MR) is 129 cm³/mol. The van der Waals surface area contributed by atoms with E-state index in [1.165, 1.54) is 24.8 Å². The zero-order valence-electron chi connectivity index (χ0n) is 20.5. The fourth-order valence-electron chi connectivity index (χ4n) is 6.03. The van der Waals surface area contributed by atoms with Crippen LogP contribution in [0.25, 0.3) is 0 Å². The van der Waals surface area contributed by atoms with Crippen molar-refractivity contribution in [2.75, 3.05) is 54.0 Å². The van der Waals surface area contributed by atoms with E-state index in [1.807, 2.05) is 0 Å². The number of amides is 3. The first-order valence-corrected chi connectivity index (χ1v) is 12.5. The summed E-state index contributed by atoms with van der Waals surface area (Å²) in [6.07, 6.45) is 7.62. The average molecular weight is 457 g/mol. The third-order valence-corrected chi connectivity index (χ3v) is 8.36. The van der Waals surface area contributed by atoms with Crippen molar-refractivity contribution in [1.82, 2.24) is 20.0 Å². The van der Waals surface area contributed by atoms with Gasteiger partial charge in [0.1, 0.15) is 6.54 Å². The molecule has 3 aliphatic rings. The summed E-state index contributed by atoms with van der Waals surface area (Å²) in [5.74, 6) is 0.500. The molecule has 33 heavy (non-hydrogen) atoms. The summed E-state index contributed by atoms with van der Waals surface area (Å²) in [5, 5.41) is 2.87. The van der Waals surface area contributed by atoms with E-state index in [-0.39, 0.29) is 29.6 Å². The molecule has 1 saturated heterocycles. The normalized spacial score (nSPS) is 27.9. The second-order valence-electron chi connectivity index (χ2n) is 10.4. The lowest BCUT2D eigenvalue weighted by Crippen LogP contribution is -2.56. The van der Waals surface area contributed by atoms with E-state index in [4.69, 9.17) is 4.74 Å². The van der Waals surface area contributed by atoms with Crippen LogP contribution in [0.15, 0.2) is 30.3 Å². The van der Waals surface area contributed by atoms with E-state index in [0.29, 0.717) is 25.6 Å². The summed E-state index contributed by atoms with van der Waals surface area (Å²) in [4.78, 5) is 32.3. The van der Waals surface area contributed by atoms with Crippen LogP contribution in [0.4, 0.5) is 4.79 Å². The molecule has 0 aromatic heterocycles. The number of methoxy groups -OCH3 is 1. The van der Waals surface area contributed by atoms with E-state index in [2.05, 4.69) is 59.5 Å². The minimum absolute atomic E-state index is 0.0113. The summed E-state index contributed by atoms with van der Waals surface area (Å²) < 4.78 is 5.02. The Morgan fingerprint density at radius 2 is 1.85 bits per heavy atom. The topological polar surface area (TPSA) is 65.1 Å². The standard InChI is InChI=1S/C26H40N4O3/c1-28(2)26(22-10-5-4-6-11-22)14-12-25(13-15-26)20-29(19-23(31)27-16-17-33-3)24(32)30(25)18-21-8-7-9-21/h4-6,10-11,21H,7-9,12-20H2,1-3H3,(H,27,31)/t25-,26+. The Balaban J connectivity index is 1.51. The number of nitrogens with one attached hydrogen (secondary N) is 1. The number of hydrogen-bond acceptors (Lipinski definition) is 4. The van der Waals surface area contributed by atoms with Gasteiger partial charge in [0.2, 0.25) is 5.91 Å². The lowest BCUT2D eigenvalue weighted by Gasteiger charge is -2.51. The van der Waals surface area contributed by atoms with Crippen LogP contribution < -0.4 is 5.32 Å². The first kappa shape index (κ1) is 24.0. The molecule has 3 fully saturated rings. The van der Waals surface area contributed by atoms with Crippen LogP contribution in [-0.4, -0.2) is 86.2 Å². The van der Waals surface area contributed by atoms with Gasteiger partial charge in [0.25, 0.3) is 0 Å². The average Bonchev–Trinajstić information content (AvgIpc) is 3.02. The highest BCUT2D eigenvalue weighted by Gasteiger charge is 2.55. The highest BCUT2D eigenvalue weighted by molar-refractivity contribution is 5.86. The van der Waals surface area contributed by atoms with Gasteiger partial charge >= 0.3 is 6.03 Å². The minimum atomic E-state index is -0.173. The summed E-state index contributed by atoms with van der Waals surface area (Å²) in [7, 11) is 5.96. The molecule has 1 aromatic rings. The summed E-state index contributed by atoms with van der Waals surface area (Å²) in [6, 6.07) is 10.8. The van der Waals surface area contributed by atoms with Crippen molar-refractivity contribution < 1.29 is 14.3 Å². The molecule has 0 atom stereocenters. The SMILES string of the molecule is COCCNC(=O)CN1C[C@]2(CC[C@](c3ccccc3)(N(C)C)CC2)N(CC2CCC2)C1=O. The number of benzene rings is 1. The van der Waals surface area contributed by atoms with Crippen molar-refractivity contribution in [2.45, 2.75) is 56.0 Å². The first-order chi connectivity index (χ1) is 15.9. The number of rotatable bonds is 9. The molecule has 1 heterocycles. The third kappa shape index (κ3) is 4.76. The monoisotopic (exact) mass is 456 g/mol. The highest BCUT2D eigenvalue weighted by atomic mass is 16.5. The number of hydrogen-bond donors (Lipinski definition) is 1. The van der Waals surface area contributed by atoms with Gasteiger partial charge in [0.15, 0.2) is 0 Å². The van der Waals surface area contributed by atoms with Crippen LogP contribution in [0.5, 0.6) is 0 Å². The van der Waals surface area contributed by atoms with Gasteiger partial charge in [0, 0.05) is 32.3 Å². The van der Waals surface area contributed by atoms with Crippen LogP contribution in [0.3, 0.4) is 0 Å². The van der Waals surface area contributed by atoms with E-state index in [9.17, 15) is 9.59 Å². The minimum Gasteiger partial charge on any atom is -0.383 e. The third-order valence-electron chi connectivity index (χ3n) is 8.36. The molecule has 0 bridgehead atoms. The van der Waals surface area contributed by atoms with Crippen LogP contribution in [0.2, 0.25) is 0 Å². The van der Waals surface area contributed by atoms with Gasteiger partial charge in [-0.25, -0.2) is 4.79 Å². The number of carbonyl (C=O) groups is 2. The molecular weight excluding hydrogens is 416 g/mol. The number of carbonyl (C=O) groups excluding carboxylic acids is 2. The number of ether oxygens (including phenoxy) is 1. The summed E-state index contributed by atoms with van der Waals surface area (Å²) in [6.45, 7) is 2.55. The van der Waals surface area contributed by atoms with Gasteiger partial charge in [-0.2, -0.15) is 0 Å². The van der Waals surface area contributed by atoms with Crippen molar-refractivity contribution in [1.29, 1.82) is 0 Å². The fraction of sp³-hybridized carbons (Fsp3) is 0.692. The Kier molecular flexibility index (Phi) is 7.29. The zero-order valence-corrected chi connectivity index (χ0v) is 20.5. The molecule has 3 amide bonds. The Hall–Kier alpha value is -2.12. The molecule has 1 aliphatic heterocycles. The molecule has 2 saturated carbocycles. The Bertz CT molecular complexity index is 816. The van der Waals surface area contributed by atoms with Gasteiger partial charge in [-0.15, -0.1) is 0 Å². The molecule has 7 heteroatoms. The smallest absolute Gasteiger partial charge is 0.321 e. The first-order valence-electron chi connectivity index (χ1n) is 12.5. The number of nitrogens with zero attached hydrogens (tertiary/aromatic N) is 3. The van der Waals surface area contributed by atoms with Gasteiger partial charge in [0.05, 0.1) is 12.1 Å². The molecule has 1 N–H and O–H groups in total. The maximum atomic E-state index is 13.5. The number of urea groups is 1. The molecule has 0 unspecified atom stereocenters. The van der Waals surface area contributed by atoms with Crippen LogP contribution in [0, 0.1) is 5.92 Å². The lowest BCUT2D eigenvalue weighted by molar-refractivity contribution is -0.121. The summed E-state index contributed by atoms with van der Waals surface area (Å²) >= 11 is 0. The second-order valence-corrected chi connectivity index (χ2v) is 10.4. The second kappa shape index (κ2) is 10.0. The molecule has 1 spiro atoms. The molecule has 182 valence electrons. The highest BCUT2D eigenvalue weighted by Crippen LogP contribution is 2.49. The molecule has 7 nitrogen and oxygen atoms in total. The predicted octanol–water partition coefficient (Wildman–Crippen LogP) is 3.06. The Labute approximate surface area is 198 Å². The summed E-state index contributed by atoms with van der Waals surface area (Å²) in [5.41, 5.74) is 1.17. The van der Waals surface area contributed by atoms with Crippen molar-refractivity contribution in [3.8, 4) is 0 Å². The van der Waals surface area contributed by atoms with E-state index in [1.54, 1.807) is 12.0 Å². The largest absolute Gasteiger partial charge is 0.383 e.